The summed E-state index contributed by atoms with van der Waals surface area (Å²) in [6.07, 6.45) is 1.36. The number of ether oxygens (including phenoxy) is 1. The third-order valence-corrected chi connectivity index (χ3v) is 5.16. The van der Waals surface area contributed by atoms with Crippen molar-refractivity contribution in [2.24, 2.45) is 5.92 Å². The molecule has 1 aliphatic heterocycles. The number of para-hydroxylation sites is 1. The summed E-state index contributed by atoms with van der Waals surface area (Å²) in [5.74, 6) is -0.722. The normalized spacial score (nSPS) is 16.4. The minimum atomic E-state index is -0.350. The van der Waals surface area contributed by atoms with Gasteiger partial charge in [0.2, 0.25) is 11.8 Å². The number of carbonyl (C=O) groups excluding carboxylic acids is 3. The van der Waals surface area contributed by atoms with Gasteiger partial charge in [0, 0.05) is 5.69 Å². The highest BCUT2D eigenvalue weighted by molar-refractivity contribution is 5.96. The van der Waals surface area contributed by atoms with Crippen molar-refractivity contribution in [3.05, 3.63) is 29.3 Å². The molecule has 2 N–H and O–H groups in total. The van der Waals surface area contributed by atoms with Gasteiger partial charge >= 0.3 is 5.97 Å². The Hall–Kier alpha value is -2.41. The highest BCUT2D eigenvalue weighted by Gasteiger charge is 2.30. The quantitative estimate of drug-likeness (QED) is 0.738. The smallest absolute Gasteiger partial charge is 0.308 e. The van der Waals surface area contributed by atoms with Gasteiger partial charge in [0.15, 0.2) is 0 Å². The maximum atomic E-state index is 12.4. The van der Waals surface area contributed by atoms with Crippen LogP contribution in [0.5, 0.6) is 0 Å². The van der Waals surface area contributed by atoms with E-state index in [0.717, 1.165) is 16.8 Å². The molecule has 7 nitrogen and oxygen atoms in total. The molecule has 1 saturated heterocycles. The van der Waals surface area contributed by atoms with Crippen LogP contribution in [-0.2, 0) is 19.1 Å². The fraction of sp³-hybridized carbons (Fsp3) is 0.550. The van der Waals surface area contributed by atoms with E-state index in [9.17, 15) is 14.4 Å². The van der Waals surface area contributed by atoms with Crippen LogP contribution in [0.25, 0.3) is 0 Å². The van der Waals surface area contributed by atoms with Gasteiger partial charge in [-0.2, -0.15) is 0 Å². The lowest BCUT2D eigenvalue weighted by Crippen LogP contribution is -2.50. The van der Waals surface area contributed by atoms with Crippen LogP contribution in [0.15, 0.2) is 18.2 Å². The molecule has 1 aromatic carbocycles. The fourth-order valence-corrected chi connectivity index (χ4v) is 3.37. The summed E-state index contributed by atoms with van der Waals surface area (Å²) < 4.78 is 4.78. The molecule has 1 atom stereocenters. The van der Waals surface area contributed by atoms with E-state index in [4.69, 9.17) is 4.74 Å². The van der Waals surface area contributed by atoms with E-state index in [2.05, 4.69) is 10.6 Å². The number of nitrogens with one attached hydrogen (secondary N) is 2. The number of aryl methyl sites for hydroxylation is 2. The van der Waals surface area contributed by atoms with Crippen LogP contribution in [-0.4, -0.2) is 55.5 Å². The van der Waals surface area contributed by atoms with Gasteiger partial charge in [-0.1, -0.05) is 18.2 Å². The summed E-state index contributed by atoms with van der Waals surface area (Å²) in [4.78, 5) is 38.2. The Balaban J connectivity index is 1.80. The first-order chi connectivity index (χ1) is 12.8. The van der Waals surface area contributed by atoms with Crippen molar-refractivity contribution in [3.63, 3.8) is 0 Å². The number of benzene rings is 1. The number of rotatable bonds is 6. The van der Waals surface area contributed by atoms with Crippen molar-refractivity contribution in [1.29, 1.82) is 0 Å². The third kappa shape index (κ3) is 5.53. The first-order valence-corrected chi connectivity index (χ1v) is 9.29. The van der Waals surface area contributed by atoms with Gasteiger partial charge in [-0.3, -0.25) is 19.3 Å². The van der Waals surface area contributed by atoms with Crippen LogP contribution in [0.2, 0.25) is 0 Å². The summed E-state index contributed by atoms with van der Waals surface area (Å²) in [6, 6.07) is 5.45. The van der Waals surface area contributed by atoms with Crippen LogP contribution < -0.4 is 10.6 Å². The van der Waals surface area contributed by atoms with Gasteiger partial charge in [-0.15, -0.1) is 0 Å². The van der Waals surface area contributed by atoms with Crippen molar-refractivity contribution in [1.82, 2.24) is 10.2 Å². The number of carbonyl (C=O) groups is 3. The molecule has 0 spiro atoms. The van der Waals surface area contributed by atoms with Crippen LogP contribution in [0.4, 0.5) is 5.69 Å². The predicted molar refractivity (Wildman–Crippen MR) is 103 cm³/mol. The average Bonchev–Trinajstić information content (AvgIpc) is 2.68. The summed E-state index contributed by atoms with van der Waals surface area (Å²) in [5.41, 5.74) is 2.75. The molecule has 27 heavy (non-hydrogen) atoms. The largest absolute Gasteiger partial charge is 0.469 e. The second kappa shape index (κ2) is 9.50. The molecule has 1 aromatic rings. The molecular weight excluding hydrogens is 346 g/mol. The molecule has 0 saturated carbocycles. The number of methoxy groups -OCH3 is 1. The van der Waals surface area contributed by atoms with Gasteiger partial charge in [-0.25, -0.2) is 0 Å². The third-order valence-electron chi connectivity index (χ3n) is 5.16. The Bertz CT molecular complexity index is 676. The summed E-state index contributed by atoms with van der Waals surface area (Å²) in [7, 11) is 1.40. The Morgan fingerprint density at radius 2 is 1.78 bits per heavy atom. The maximum absolute atomic E-state index is 12.4. The van der Waals surface area contributed by atoms with E-state index < -0.39 is 0 Å². The molecule has 1 heterocycles. The van der Waals surface area contributed by atoms with Gasteiger partial charge in [0.25, 0.3) is 0 Å². The zero-order valence-electron chi connectivity index (χ0n) is 16.5. The van der Waals surface area contributed by atoms with Crippen LogP contribution in [0.3, 0.4) is 0 Å². The Morgan fingerprint density at radius 1 is 1.19 bits per heavy atom. The zero-order chi connectivity index (χ0) is 20.0. The molecule has 0 radical (unpaired) electrons. The van der Waals surface area contributed by atoms with Crippen molar-refractivity contribution in [3.8, 4) is 0 Å². The topological polar surface area (TPSA) is 87.7 Å². The molecule has 2 rings (SSSR count). The van der Waals surface area contributed by atoms with E-state index in [-0.39, 0.29) is 36.3 Å². The molecule has 0 aliphatic carbocycles. The first kappa shape index (κ1) is 20.9. The molecule has 2 amide bonds. The number of piperidine rings is 1. The lowest BCUT2D eigenvalue weighted by molar-refractivity contribution is -0.147. The molecule has 0 aromatic heterocycles. The Labute approximate surface area is 160 Å². The van der Waals surface area contributed by atoms with E-state index in [1.165, 1.54) is 7.11 Å². The molecule has 1 fully saturated rings. The number of amides is 2. The van der Waals surface area contributed by atoms with Crippen molar-refractivity contribution in [2.75, 3.05) is 32.1 Å². The summed E-state index contributed by atoms with van der Waals surface area (Å²) >= 11 is 0. The van der Waals surface area contributed by atoms with E-state index in [1.807, 2.05) is 43.9 Å². The minimum absolute atomic E-state index is 0.0738. The maximum Gasteiger partial charge on any atom is 0.308 e. The van der Waals surface area contributed by atoms with E-state index >= 15 is 0 Å². The molecule has 0 unspecified atom stereocenters. The molecule has 148 valence electrons. The number of likely N-dealkylation sites (tertiary alicyclic amines) is 1. The second-order valence-corrected chi connectivity index (χ2v) is 7.04. The number of hydrogen-bond acceptors (Lipinski definition) is 5. The van der Waals surface area contributed by atoms with E-state index in [1.54, 1.807) is 0 Å². The van der Waals surface area contributed by atoms with Crippen LogP contribution >= 0.6 is 0 Å². The zero-order valence-corrected chi connectivity index (χ0v) is 16.5. The van der Waals surface area contributed by atoms with Crippen LogP contribution in [0, 0.1) is 19.8 Å². The van der Waals surface area contributed by atoms with Gasteiger partial charge in [0.05, 0.1) is 25.6 Å². The first-order valence-electron chi connectivity index (χ1n) is 9.29. The summed E-state index contributed by atoms with van der Waals surface area (Å²) in [6.45, 7) is 6.92. The summed E-state index contributed by atoms with van der Waals surface area (Å²) in [5, 5.41) is 5.56. The van der Waals surface area contributed by atoms with Crippen molar-refractivity contribution < 1.29 is 19.1 Å². The molecule has 1 aliphatic rings. The lowest BCUT2D eigenvalue weighted by Gasteiger charge is -2.34. The highest BCUT2D eigenvalue weighted by atomic mass is 16.5. The Morgan fingerprint density at radius 3 is 2.33 bits per heavy atom. The second-order valence-electron chi connectivity index (χ2n) is 7.04. The van der Waals surface area contributed by atoms with Crippen molar-refractivity contribution in [2.45, 2.75) is 39.7 Å². The van der Waals surface area contributed by atoms with Gasteiger partial charge in [-0.05, 0) is 57.8 Å². The number of hydrogen-bond donors (Lipinski definition) is 2. The number of anilines is 1. The molecular formula is C20H29N3O4. The van der Waals surface area contributed by atoms with Crippen molar-refractivity contribution >= 4 is 23.5 Å². The standard InChI is InChI=1S/C20H29N3O4/c1-13-6-5-7-14(2)18(13)22-17(24)12-21-19(25)15(3)23-10-8-16(9-11-23)20(26)27-4/h5-7,15-16H,8-12H2,1-4H3,(H,21,25)(H,22,24)/t15-/m1/s1. The minimum Gasteiger partial charge on any atom is -0.469 e. The van der Waals surface area contributed by atoms with Gasteiger partial charge < -0.3 is 15.4 Å². The van der Waals surface area contributed by atoms with Gasteiger partial charge in [0.1, 0.15) is 0 Å². The molecule has 0 bridgehead atoms. The number of esters is 1. The highest BCUT2D eigenvalue weighted by Crippen LogP contribution is 2.20. The fourth-order valence-electron chi connectivity index (χ4n) is 3.37. The molecule has 7 heteroatoms. The predicted octanol–water partition coefficient (Wildman–Crippen LogP) is 1.63. The number of nitrogens with zero attached hydrogens (tertiary/aromatic N) is 1. The van der Waals surface area contributed by atoms with Crippen LogP contribution in [0.1, 0.15) is 30.9 Å². The lowest BCUT2D eigenvalue weighted by atomic mass is 9.96. The van der Waals surface area contributed by atoms with E-state index in [0.29, 0.717) is 25.9 Å². The average molecular weight is 375 g/mol. The monoisotopic (exact) mass is 375 g/mol. The SMILES string of the molecule is COC(=O)C1CCN([C@H](C)C(=O)NCC(=O)Nc2c(C)cccc2C)CC1. The Kier molecular flexibility index (Phi) is 7.36.